The number of pyridine rings is 1. The van der Waals surface area contributed by atoms with Crippen molar-refractivity contribution >= 4 is 12.0 Å². The Morgan fingerprint density at radius 2 is 1.84 bits per heavy atom. The van der Waals surface area contributed by atoms with E-state index in [1.54, 1.807) is 25.3 Å². The summed E-state index contributed by atoms with van der Waals surface area (Å²) in [5.74, 6) is -1.22. The van der Waals surface area contributed by atoms with Gasteiger partial charge in [-0.3, -0.25) is 9.78 Å². The molecule has 2 heterocycles. The van der Waals surface area contributed by atoms with Crippen LogP contribution in [0.4, 0.5) is 4.39 Å². The van der Waals surface area contributed by atoms with Gasteiger partial charge in [0.25, 0.3) is 0 Å². The van der Waals surface area contributed by atoms with Crippen LogP contribution < -0.4 is 0 Å². The van der Waals surface area contributed by atoms with Crippen molar-refractivity contribution in [2.45, 2.75) is 58.7 Å². The van der Waals surface area contributed by atoms with Crippen LogP contribution in [0.5, 0.6) is 0 Å². The van der Waals surface area contributed by atoms with E-state index in [9.17, 15) is 14.3 Å². The Morgan fingerprint density at radius 1 is 1.19 bits per heavy atom. The number of ether oxygens (including phenoxy) is 2. The summed E-state index contributed by atoms with van der Waals surface area (Å²) < 4.78 is 24.4. The molecule has 1 N–H and O–H groups in total. The first-order valence-corrected chi connectivity index (χ1v) is 11.1. The zero-order valence-electron chi connectivity index (χ0n) is 19.4. The Morgan fingerprint density at radius 3 is 2.41 bits per heavy atom. The Balaban J connectivity index is 2.29. The van der Waals surface area contributed by atoms with Crippen molar-refractivity contribution in [3.05, 3.63) is 58.7 Å². The molecule has 5 nitrogen and oxygen atoms in total. The molecule has 2 aromatic rings. The van der Waals surface area contributed by atoms with Crippen molar-refractivity contribution in [3.63, 3.8) is 0 Å². The standard InChI is InChI=1S/C26H32FNO4/c1-15(2)24-20(11-10-19-22(29)12-13-32-26(19)30)23(17-6-8-18(27)9-7-17)21(14-31-5)25(28-24)16(3)4/h6-11,15-16,19,22,29H,12-14H2,1-5H3/b11-10+/t19-,22+/m1/s1. The van der Waals surface area contributed by atoms with Crippen LogP contribution >= 0.6 is 0 Å². The molecule has 1 aromatic heterocycles. The molecule has 172 valence electrons. The molecule has 0 radical (unpaired) electrons. The van der Waals surface area contributed by atoms with Gasteiger partial charge in [-0.1, -0.05) is 52.0 Å². The molecule has 0 spiro atoms. The monoisotopic (exact) mass is 441 g/mol. The van der Waals surface area contributed by atoms with Gasteiger partial charge in [0.1, 0.15) is 11.7 Å². The quantitative estimate of drug-likeness (QED) is 0.597. The number of aliphatic hydroxyl groups is 1. The number of benzene rings is 1. The smallest absolute Gasteiger partial charge is 0.315 e. The number of carbonyl (C=O) groups is 1. The van der Waals surface area contributed by atoms with E-state index >= 15 is 0 Å². The number of hydrogen-bond donors (Lipinski definition) is 1. The lowest BCUT2D eigenvalue weighted by atomic mass is 9.86. The molecular formula is C26H32FNO4. The van der Waals surface area contributed by atoms with Crippen LogP contribution in [0, 0.1) is 11.7 Å². The summed E-state index contributed by atoms with van der Waals surface area (Å²) in [6.07, 6.45) is 3.17. The maximum atomic E-state index is 13.7. The second-order valence-electron chi connectivity index (χ2n) is 8.81. The summed E-state index contributed by atoms with van der Waals surface area (Å²) in [6, 6.07) is 6.37. The minimum atomic E-state index is -0.786. The molecule has 6 heteroatoms. The van der Waals surface area contributed by atoms with Gasteiger partial charge < -0.3 is 14.6 Å². The van der Waals surface area contributed by atoms with Gasteiger partial charge in [-0.05, 0) is 35.1 Å². The number of methoxy groups -OCH3 is 1. The number of hydrogen-bond acceptors (Lipinski definition) is 5. The normalized spacial score (nSPS) is 19.2. The van der Waals surface area contributed by atoms with Crippen LogP contribution in [0.15, 0.2) is 30.3 Å². The van der Waals surface area contributed by atoms with Crippen LogP contribution in [0.25, 0.3) is 17.2 Å². The van der Waals surface area contributed by atoms with E-state index in [0.29, 0.717) is 13.0 Å². The highest BCUT2D eigenvalue weighted by Crippen LogP contribution is 2.38. The average Bonchev–Trinajstić information content (AvgIpc) is 2.74. The largest absolute Gasteiger partial charge is 0.465 e. The van der Waals surface area contributed by atoms with Gasteiger partial charge in [-0.25, -0.2) is 4.39 Å². The summed E-state index contributed by atoms with van der Waals surface area (Å²) in [5.41, 5.74) is 5.34. The minimum absolute atomic E-state index is 0.103. The number of carbonyl (C=O) groups excluding carboxylic acids is 1. The van der Waals surface area contributed by atoms with Gasteiger partial charge in [-0.2, -0.15) is 0 Å². The van der Waals surface area contributed by atoms with Gasteiger partial charge >= 0.3 is 5.97 Å². The second-order valence-corrected chi connectivity index (χ2v) is 8.81. The second kappa shape index (κ2) is 10.4. The highest BCUT2D eigenvalue weighted by atomic mass is 19.1. The predicted octanol–water partition coefficient (Wildman–Crippen LogP) is 5.22. The van der Waals surface area contributed by atoms with Gasteiger partial charge in [-0.15, -0.1) is 0 Å². The highest BCUT2D eigenvalue weighted by Gasteiger charge is 2.30. The molecule has 32 heavy (non-hydrogen) atoms. The fourth-order valence-electron chi connectivity index (χ4n) is 4.12. The predicted molar refractivity (Wildman–Crippen MR) is 123 cm³/mol. The van der Waals surface area contributed by atoms with Gasteiger partial charge in [0.15, 0.2) is 0 Å². The third-order valence-electron chi connectivity index (χ3n) is 5.73. The van der Waals surface area contributed by atoms with Gasteiger partial charge in [0, 0.05) is 30.4 Å². The fourth-order valence-corrected chi connectivity index (χ4v) is 4.12. The van der Waals surface area contributed by atoms with E-state index in [2.05, 4.69) is 27.7 Å². The molecule has 3 rings (SSSR count). The van der Waals surface area contributed by atoms with Crippen molar-refractivity contribution in [3.8, 4) is 11.1 Å². The third kappa shape index (κ3) is 5.08. The van der Waals surface area contributed by atoms with E-state index < -0.39 is 18.0 Å². The van der Waals surface area contributed by atoms with Crippen LogP contribution in [-0.2, 0) is 20.9 Å². The fraction of sp³-hybridized carbons (Fsp3) is 0.462. The van der Waals surface area contributed by atoms with E-state index in [0.717, 1.165) is 33.6 Å². The molecule has 1 fully saturated rings. The van der Waals surface area contributed by atoms with Crippen LogP contribution in [0.3, 0.4) is 0 Å². The lowest BCUT2D eigenvalue weighted by Crippen LogP contribution is -2.34. The molecule has 1 saturated heterocycles. The number of rotatable bonds is 7. The zero-order valence-corrected chi connectivity index (χ0v) is 19.4. The van der Waals surface area contributed by atoms with Crippen molar-refractivity contribution in [2.75, 3.05) is 13.7 Å². The summed E-state index contributed by atoms with van der Waals surface area (Å²) in [6.45, 7) is 8.88. The number of esters is 1. The first-order valence-electron chi connectivity index (χ1n) is 11.1. The topological polar surface area (TPSA) is 68.7 Å². The van der Waals surface area contributed by atoms with Gasteiger partial charge in [0.05, 0.1) is 25.0 Å². The Hall–Kier alpha value is -2.57. The van der Waals surface area contributed by atoms with E-state index in [1.807, 2.05) is 6.08 Å². The maximum Gasteiger partial charge on any atom is 0.315 e. The molecule has 2 atom stereocenters. The molecule has 0 saturated carbocycles. The molecule has 1 aromatic carbocycles. The molecule has 0 aliphatic carbocycles. The molecule has 1 aliphatic heterocycles. The maximum absolute atomic E-state index is 13.7. The molecule has 1 aliphatic rings. The van der Waals surface area contributed by atoms with E-state index in [-0.39, 0.29) is 24.3 Å². The van der Waals surface area contributed by atoms with E-state index in [4.69, 9.17) is 14.5 Å². The number of aliphatic hydroxyl groups excluding tert-OH is 1. The van der Waals surface area contributed by atoms with Crippen molar-refractivity contribution < 1.29 is 23.8 Å². The summed E-state index contributed by atoms with van der Waals surface area (Å²) in [5, 5.41) is 10.3. The minimum Gasteiger partial charge on any atom is -0.465 e. The SMILES string of the molecule is COCc1c(C(C)C)nc(C(C)C)c(/C=C/[C@H]2C(=O)OCC[C@@H]2O)c1-c1ccc(F)cc1. The number of aromatic nitrogens is 1. The number of nitrogens with zero attached hydrogens (tertiary/aromatic N) is 1. The average molecular weight is 442 g/mol. The third-order valence-corrected chi connectivity index (χ3v) is 5.73. The lowest BCUT2D eigenvalue weighted by Gasteiger charge is -2.25. The molecular weight excluding hydrogens is 409 g/mol. The first kappa shape index (κ1) is 24.1. The Labute approximate surface area is 189 Å². The number of halogens is 1. The molecule has 0 unspecified atom stereocenters. The first-order chi connectivity index (χ1) is 15.2. The Bertz CT molecular complexity index is 982. The Kier molecular flexibility index (Phi) is 7.80. The van der Waals surface area contributed by atoms with Crippen molar-refractivity contribution in [2.24, 2.45) is 5.92 Å². The van der Waals surface area contributed by atoms with Crippen molar-refractivity contribution in [1.29, 1.82) is 0 Å². The summed E-state index contributed by atoms with van der Waals surface area (Å²) in [4.78, 5) is 17.3. The van der Waals surface area contributed by atoms with Crippen LogP contribution in [-0.4, -0.2) is 35.9 Å². The number of cyclic esters (lactones) is 1. The zero-order chi connectivity index (χ0) is 23.4. The van der Waals surface area contributed by atoms with Crippen molar-refractivity contribution in [1.82, 2.24) is 4.98 Å². The van der Waals surface area contributed by atoms with Gasteiger partial charge in [0.2, 0.25) is 0 Å². The summed E-state index contributed by atoms with van der Waals surface area (Å²) >= 11 is 0. The molecule has 0 bridgehead atoms. The lowest BCUT2D eigenvalue weighted by molar-refractivity contribution is -0.157. The summed E-state index contributed by atoms with van der Waals surface area (Å²) in [7, 11) is 1.64. The van der Waals surface area contributed by atoms with Crippen LogP contribution in [0.1, 0.15) is 68.5 Å². The highest BCUT2D eigenvalue weighted by molar-refractivity contribution is 5.82. The van der Waals surface area contributed by atoms with Crippen LogP contribution in [0.2, 0.25) is 0 Å². The van der Waals surface area contributed by atoms with E-state index in [1.165, 1.54) is 12.1 Å². The molecule has 0 amide bonds.